The lowest BCUT2D eigenvalue weighted by atomic mass is 9.97. The van der Waals surface area contributed by atoms with E-state index in [0.29, 0.717) is 17.5 Å². The van der Waals surface area contributed by atoms with Gasteiger partial charge in [0.2, 0.25) is 0 Å². The summed E-state index contributed by atoms with van der Waals surface area (Å²) in [5.41, 5.74) is 0.438. The Kier molecular flexibility index (Phi) is 3.92. The number of para-hydroxylation sites is 1. The minimum atomic E-state index is -0.0101. The van der Waals surface area contributed by atoms with Gasteiger partial charge in [0.15, 0.2) is 0 Å². The molecule has 0 unspecified atom stereocenters. The molecule has 2 aliphatic rings. The van der Waals surface area contributed by atoms with Gasteiger partial charge in [0, 0.05) is 12.6 Å². The maximum Gasteiger partial charge on any atom is 0.257 e. The minimum absolute atomic E-state index is 0.0101. The van der Waals surface area contributed by atoms with Gasteiger partial charge in [-0.05, 0) is 56.8 Å². The third-order valence-electron chi connectivity index (χ3n) is 4.30. The number of nitrogens with one attached hydrogen (secondary N) is 1. The zero-order valence-electron chi connectivity index (χ0n) is 11.7. The smallest absolute Gasteiger partial charge is 0.257 e. The van der Waals surface area contributed by atoms with Crippen molar-refractivity contribution in [2.45, 2.75) is 31.7 Å². The summed E-state index contributed by atoms with van der Waals surface area (Å²) < 4.78 is 0. The molecule has 4 nitrogen and oxygen atoms in total. The molecule has 0 atom stereocenters. The Balaban J connectivity index is 1.73. The highest BCUT2D eigenvalue weighted by Crippen LogP contribution is 2.31. The predicted octanol–water partition coefficient (Wildman–Crippen LogP) is 2.00. The Morgan fingerprint density at radius 2 is 1.90 bits per heavy atom. The molecule has 4 heteroatoms. The fourth-order valence-electron chi connectivity index (χ4n) is 2.94. The number of phenols is 1. The molecular weight excluding hydrogens is 252 g/mol. The zero-order valence-corrected chi connectivity index (χ0v) is 11.7. The number of amides is 1. The van der Waals surface area contributed by atoms with Gasteiger partial charge >= 0.3 is 0 Å². The van der Waals surface area contributed by atoms with Crippen molar-refractivity contribution in [1.29, 1.82) is 0 Å². The number of carbonyl (C=O) groups excluding carboxylic acids is 1. The first-order valence-corrected chi connectivity index (χ1v) is 7.55. The van der Waals surface area contributed by atoms with Gasteiger partial charge in [-0.3, -0.25) is 4.79 Å². The summed E-state index contributed by atoms with van der Waals surface area (Å²) in [4.78, 5) is 14.7. The molecule has 1 saturated carbocycles. The molecule has 0 bridgehead atoms. The van der Waals surface area contributed by atoms with Crippen molar-refractivity contribution in [3.63, 3.8) is 0 Å². The van der Waals surface area contributed by atoms with Crippen LogP contribution in [0.2, 0.25) is 0 Å². The lowest BCUT2D eigenvalue weighted by Crippen LogP contribution is -2.40. The SMILES string of the molecule is O=C(c1ccccc1O)N(CC1CCNCC1)C1CC1. The van der Waals surface area contributed by atoms with Gasteiger partial charge in [0.05, 0.1) is 5.56 Å². The van der Waals surface area contributed by atoms with Crippen LogP contribution in [0.4, 0.5) is 0 Å². The Morgan fingerprint density at radius 3 is 2.55 bits per heavy atom. The van der Waals surface area contributed by atoms with E-state index in [4.69, 9.17) is 0 Å². The minimum Gasteiger partial charge on any atom is -0.507 e. The summed E-state index contributed by atoms with van der Waals surface area (Å²) in [5, 5.41) is 13.2. The second-order valence-electron chi connectivity index (χ2n) is 5.90. The van der Waals surface area contributed by atoms with E-state index in [2.05, 4.69) is 5.32 Å². The molecule has 0 spiro atoms. The molecule has 1 aliphatic heterocycles. The number of hydrogen-bond acceptors (Lipinski definition) is 3. The van der Waals surface area contributed by atoms with Crippen molar-refractivity contribution in [1.82, 2.24) is 10.2 Å². The largest absolute Gasteiger partial charge is 0.507 e. The average molecular weight is 274 g/mol. The summed E-state index contributed by atoms with van der Waals surface area (Å²) >= 11 is 0. The Morgan fingerprint density at radius 1 is 1.20 bits per heavy atom. The zero-order chi connectivity index (χ0) is 13.9. The number of hydrogen-bond donors (Lipinski definition) is 2. The van der Waals surface area contributed by atoms with E-state index in [0.717, 1.165) is 45.3 Å². The number of phenolic OH excluding ortho intramolecular Hbond substituents is 1. The van der Waals surface area contributed by atoms with E-state index >= 15 is 0 Å². The number of carbonyl (C=O) groups is 1. The molecule has 1 aromatic rings. The monoisotopic (exact) mass is 274 g/mol. The number of aromatic hydroxyl groups is 1. The van der Waals surface area contributed by atoms with Crippen LogP contribution in [0.3, 0.4) is 0 Å². The molecule has 1 aliphatic carbocycles. The van der Waals surface area contributed by atoms with Gasteiger partial charge in [-0.1, -0.05) is 12.1 Å². The normalized spacial score (nSPS) is 19.8. The van der Waals surface area contributed by atoms with Gasteiger partial charge in [-0.15, -0.1) is 0 Å². The molecule has 1 saturated heterocycles. The van der Waals surface area contributed by atoms with Crippen LogP contribution in [-0.2, 0) is 0 Å². The van der Waals surface area contributed by atoms with E-state index in [-0.39, 0.29) is 11.7 Å². The standard InChI is InChI=1S/C16H22N2O2/c19-15-4-2-1-3-14(15)16(20)18(13-5-6-13)11-12-7-9-17-10-8-12/h1-4,12-13,17,19H,5-11H2. The van der Waals surface area contributed by atoms with Crippen LogP contribution >= 0.6 is 0 Å². The summed E-state index contributed by atoms with van der Waals surface area (Å²) in [6.45, 7) is 2.93. The summed E-state index contributed by atoms with van der Waals surface area (Å²) in [5.74, 6) is 0.671. The second-order valence-corrected chi connectivity index (χ2v) is 5.90. The summed E-state index contributed by atoms with van der Waals surface area (Å²) in [6, 6.07) is 7.25. The van der Waals surface area contributed by atoms with Gasteiger partial charge in [0.1, 0.15) is 5.75 Å². The predicted molar refractivity (Wildman–Crippen MR) is 77.8 cm³/mol. The second kappa shape index (κ2) is 5.83. The quantitative estimate of drug-likeness (QED) is 0.883. The molecule has 2 N–H and O–H groups in total. The average Bonchev–Trinajstić information content (AvgIpc) is 3.30. The van der Waals surface area contributed by atoms with Crippen molar-refractivity contribution in [2.24, 2.45) is 5.92 Å². The summed E-state index contributed by atoms with van der Waals surface area (Å²) in [6.07, 6.45) is 4.48. The molecule has 20 heavy (non-hydrogen) atoms. The summed E-state index contributed by atoms with van der Waals surface area (Å²) in [7, 11) is 0. The van der Waals surface area contributed by atoms with Crippen LogP contribution in [0, 0.1) is 5.92 Å². The topological polar surface area (TPSA) is 52.6 Å². The van der Waals surface area contributed by atoms with E-state index in [9.17, 15) is 9.90 Å². The molecule has 0 radical (unpaired) electrons. The molecule has 1 amide bonds. The number of nitrogens with zero attached hydrogens (tertiary/aromatic N) is 1. The highest BCUT2D eigenvalue weighted by Gasteiger charge is 2.35. The first-order chi connectivity index (χ1) is 9.75. The molecule has 3 rings (SSSR count). The van der Waals surface area contributed by atoms with Crippen molar-refractivity contribution in [2.75, 3.05) is 19.6 Å². The van der Waals surface area contributed by atoms with Gasteiger partial charge in [0.25, 0.3) is 5.91 Å². The first kappa shape index (κ1) is 13.4. The van der Waals surface area contributed by atoms with Gasteiger partial charge in [-0.25, -0.2) is 0 Å². The Bertz CT molecular complexity index is 479. The Labute approximate surface area is 119 Å². The van der Waals surface area contributed by atoms with Crippen LogP contribution in [0.15, 0.2) is 24.3 Å². The third kappa shape index (κ3) is 2.96. The molecule has 0 aromatic heterocycles. The molecule has 2 fully saturated rings. The molecule has 108 valence electrons. The maximum absolute atomic E-state index is 12.7. The van der Waals surface area contributed by atoms with Crippen molar-refractivity contribution in [3.05, 3.63) is 29.8 Å². The lowest BCUT2D eigenvalue weighted by Gasteiger charge is -2.30. The fourth-order valence-corrected chi connectivity index (χ4v) is 2.94. The highest BCUT2D eigenvalue weighted by molar-refractivity contribution is 5.97. The maximum atomic E-state index is 12.7. The van der Waals surface area contributed by atoms with E-state index < -0.39 is 0 Å². The van der Waals surface area contributed by atoms with Crippen LogP contribution < -0.4 is 5.32 Å². The van der Waals surface area contributed by atoms with Gasteiger partial charge < -0.3 is 15.3 Å². The third-order valence-corrected chi connectivity index (χ3v) is 4.30. The lowest BCUT2D eigenvalue weighted by molar-refractivity contribution is 0.0698. The van der Waals surface area contributed by atoms with E-state index in [1.807, 2.05) is 11.0 Å². The van der Waals surface area contributed by atoms with E-state index in [1.54, 1.807) is 18.2 Å². The number of benzene rings is 1. The van der Waals surface area contributed by atoms with E-state index in [1.165, 1.54) is 0 Å². The molecule has 1 heterocycles. The molecular formula is C16H22N2O2. The highest BCUT2D eigenvalue weighted by atomic mass is 16.3. The van der Waals surface area contributed by atoms with Crippen molar-refractivity contribution >= 4 is 5.91 Å². The number of piperidine rings is 1. The van der Waals surface area contributed by atoms with Crippen LogP contribution in [0.25, 0.3) is 0 Å². The van der Waals surface area contributed by atoms with Crippen LogP contribution in [0.1, 0.15) is 36.0 Å². The van der Waals surface area contributed by atoms with Crippen LogP contribution in [-0.4, -0.2) is 41.6 Å². The van der Waals surface area contributed by atoms with Crippen LogP contribution in [0.5, 0.6) is 5.75 Å². The Hall–Kier alpha value is -1.55. The number of rotatable bonds is 4. The molecule has 1 aromatic carbocycles. The fraction of sp³-hybridized carbons (Fsp3) is 0.562. The van der Waals surface area contributed by atoms with Crippen molar-refractivity contribution in [3.8, 4) is 5.75 Å². The van der Waals surface area contributed by atoms with Crippen molar-refractivity contribution < 1.29 is 9.90 Å². The van der Waals surface area contributed by atoms with Gasteiger partial charge in [-0.2, -0.15) is 0 Å². The first-order valence-electron chi connectivity index (χ1n) is 7.55.